The standard InChI is InChI=1S/C27H27BrN4O3/c1-3-32(4-2)23-13-10-19(11-14-23)16-24(30-26(34)20-8-6-5-7-9-20)27(35)31-29-18-21-17-22(28)12-15-25(21)33/h5-18,33H,3-4H2,1-2H3,(H,30,34)(H,31,35). The van der Waals surface area contributed by atoms with Crippen LogP contribution >= 0.6 is 15.9 Å². The van der Waals surface area contributed by atoms with Gasteiger partial charge in [-0.25, -0.2) is 5.43 Å². The van der Waals surface area contributed by atoms with E-state index in [1.165, 1.54) is 12.3 Å². The van der Waals surface area contributed by atoms with E-state index in [9.17, 15) is 14.7 Å². The molecule has 8 heteroatoms. The number of nitrogens with one attached hydrogen (secondary N) is 2. The summed E-state index contributed by atoms with van der Waals surface area (Å²) >= 11 is 3.33. The SMILES string of the molecule is CCN(CC)c1ccc(C=C(NC(=O)c2ccccc2)C(=O)NN=Cc2cc(Br)ccc2O)cc1. The second-order valence-electron chi connectivity index (χ2n) is 7.54. The summed E-state index contributed by atoms with van der Waals surface area (Å²) in [7, 11) is 0. The van der Waals surface area contributed by atoms with Crippen LogP contribution in [0.2, 0.25) is 0 Å². The quantitative estimate of drug-likeness (QED) is 0.206. The minimum Gasteiger partial charge on any atom is -0.507 e. The first kappa shape index (κ1) is 25.7. The minimum absolute atomic E-state index is 0.0210. The topological polar surface area (TPSA) is 94.0 Å². The summed E-state index contributed by atoms with van der Waals surface area (Å²) in [5.74, 6) is -0.999. The Hall–Kier alpha value is -3.91. The number of nitrogens with zero attached hydrogens (tertiary/aromatic N) is 2. The van der Waals surface area contributed by atoms with Crippen LogP contribution in [0.3, 0.4) is 0 Å². The number of hydrogen-bond donors (Lipinski definition) is 3. The smallest absolute Gasteiger partial charge is 0.287 e. The zero-order chi connectivity index (χ0) is 25.2. The Kier molecular flexibility index (Phi) is 9.20. The number of carbonyl (C=O) groups excluding carboxylic acids is 2. The van der Waals surface area contributed by atoms with Crippen molar-refractivity contribution in [3.8, 4) is 5.75 Å². The fourth-order valence-electron chi connectivity index (χ4n) is 3.33. The molecule has 0 aliphatic carbocycles. The molecule has 0 saturated heterocycles. The molecule has 0 spiro atoms. The maximum atomic E-state index is 12.9. The highest BCUT2D eigenvalue weighted by atomic mass is 79.9. The zero-order valence-electron chi connectivity index (χ0n) is 19.5. The van der Waals surface area contributed by atoms with E-state index in [1.807, 2.05) is 30.3 Å². The van der Waals surface area contributed by atoms with Gasteiger partial charge in [0.1, 0.15) is 11.4 Å². The highest BCUT2D eigenvalue weighted by Crippen LogP contribution is 2.20. The van der Waals surface area contributed by atoms with Gasteiger partial charge in [-0.05, 0) is 68.0 Å². The second kappa shape index (κ2) is 12.5. The summed E-state index contributed by atoms with van der Waals surface area (Å²) in [4.78, 5) is 27.9. The van der Waals surface area contributed by atoms with Crippen molar-refractivity contribution in [3.63, 3.8) is 0 Å². The highest BCUT2D eigenvalue weighted by Gasteiger charge is 2.14. The van der Waals surface area contributed by atoms with Crippen LogP contribution in [0.4, 0.5) is 5.69 Å². The third-order valence-electron chi connectivity index (χ3n) is 5.22. The molecule has 0 radical (unpaired) electrons. The molecule has 2 amide bonds. The number of phenols is 1. The van der Waals surface area contributed by atoms with Gasteiger partial charge in [0.25, 0.3) is 11.8 Å². The molecular formula is C27H27BrN4O3. The zero-order valence-corrected chi connectivity index (χ0v) is 21.1. The van der Waals surface area contributed by atoms with Crippen molar-refractivity contribution in [1.29, 1.82) is 0 Å². The summed E-state index contributed by atoms with van der Waals surface area (Å²) in [5, 5.41) is 16.6. The van der Waals surface area contributed by atoms with Crippen LogP contribution in [0, 0.1) is 0 Å². The summed E-state index contributed by atoms with van der Waals surface area (Å²) in [6.45, 7) is 5.95. The molecule has 35 heavy (non-hydrogen) atoms. The van der Waals surface area contributed by atoms with Gasteiger partial charge < -0.3 is 15.3 Å². The number of halogens is 1. The third kappa shape index (κ3) is 7.28. The Balaban J connectivity index is 1.84. The van der Waals surface area contributed by atoms with Crippen molar-refractivity contribution in [2.24, 2.45) is 5.10 Å². The molecule has 0 aromatic heterocycles. The van der Waals surface area contributed by atoms with Crippen molar-refractivity contribution in [1.82, 2.24) is 10.7 Å². The number of phenolic OH excluding ortho intramolecular Hbond substituents is 1. The molecule has 0 heterocycles. The fourth-order valence-corrected chi connectivity index (χ4v) is 3.71. The fraction of sp³-hybridized carbons (Fsp3) is 0.148. The number of anilines is 1. The van der Waals surface area contributed by atoms with Gasteiger partial charge in [0.05, 0.1) is 6.21 Å². The lowest BCUT2D eigenvalue weighted by Gasteiger charge is -2.20. The number of aromatic hydroxyl groups is 1. The first-order valence-corrected chi connectivity index (χ1v) is 12.0. The van der Waals surface area contributed by atoms with Crippen LogP contribution in [0.5, 0.6) is 5.75 Å². The molecule has 3 N–H and O–H groups in total. The van der Waals surface area contributed by atoms with Crippen LogP contribution in [-0.4, -0.2) is 36.2 Å². The molecule has 3 aromatic rings. The van der Waals surface area contributed by atoms with Gasteiger partial charge in [-0.1, -0.05) is 46.3 Å². The van der Waals surface area contributed by atoms with Crippen molar-refractivity contribution >= 4 is 45.7 Å². The summed E-state index contributed by atoms with van der Waals surface area (Å²) in [5.41, 5.74) is 5.11. The van der Waals surface area contributed by atoms with Crippen LogP contribution in [-0.2, 0) is 4.79 Å². The van der Waals surface area contributed by atoms with Crippen LogP contribution in [0.15, 0.2) is 88.1 Å². The predicted octanol–water partition coefficient (Wildman–Crippen LogP) is 4.92. The van der Waals surface area contributed by atoms with Crippen molar-refractivity contribution in [3.05, 3.63) is 99.7 Å². The van der Waals surface area contributed by atoms with Gasteiger partial charge in [-0.15, -0.1) is 0 Å². The average Bonchev–Trinajstić information content (AvgIpc) is 2.87. The molecule has 180 valence electrons. The maximum Gasteiger partial charge on any atom is 0.287 e. The number of carbonyl (C=O) groups is 2. The van der Waals surface area contributed by atoms with Gasteiger partial charge in [-0.3, -0.25) is 9.59 Å². The molecule has 0 bridgehead atoms. The van der Waals surface area contributed by atoms with E-state index in [-0.39, 0.29) is 11.4 Å². The van der Waals surface area contributed by atoms with Crippen molar-refractivity contribution in [2.75, 3.05) is 18.0 Å². The van der Waals surface area contributed by atoms with Gasteiger partial charge >= 0.3 is 0 Å². The summed E-state index contributed by atoms with van der Waals surface area (Å²) < 4.78 is 0.756. The first-order chi connectivity index (χ1) is 16.9. The number of hydrazone groups is 1. The van der Waals surface area contributed by atoms with Gasteiger partial charge in [0.2, 0.25) is 0 Å². The lowest BCUT2D eigenvalue weighted by molar-refractivity contribution is -0.117. The highest BCUT2D eigenvalue weighted by molar-refractivity contribution is 9.10. The number of benzene rings is 3. The van der Waals surface area contributed by atoms with E-state index in [0.29, 0.717) is 11.1 Å². The molecule has 0 saturated carbocycles. The van der Waals surface area contributed by atoms with E-state index in [2.05, 4.69) is 50.5 Å². The largest absolute Gasteiger partial charge is 0.507 e. The Morgan fingerprint density at radius 3 is 2.34 bits per heavy atom. The van der Waals surface area contributed by atoms with E-state index < -0.39 is 11.8 Å². The molecule has 7 nitrogen and oxygen atoms in total. The van der Waals surface area contributed by atoms with Crippen LogP contribution in [0.25, 0.3) is 6.08 Å². The Bertz CT molecular complexity index is 1220. The second-order valence-corrected chi connectivity index (χ2v) is 8.46. The van der Waals surface area contributed by atoms with Crippen molar-refractivity contribution in [2.45, 2.75) is 13.8 Å². The van der Waals surface area contributed by atoms with Gasteiger partial charge in [0, 0.05) is 34.4 Å². The molecule has 0 aliphatic heterocycles. The van der Waals surface area contributed by atoms with Crippen LogP contribution in [0.1, 0.15) is 35.3 Å². The number of rotatable bonds is 9. The lowest BCUT2D eigenvalue weighted by Crippen LogP contribution is -2.32. The van der Waals surface area contributed by atoms with Gasteiger partial charge in [0.15, 0.2) is 0 Å². The van der Waals surface area contributed by atoms with Gasteiger partial charge in [-0.2, -0.15) is 5.10 Å². The van der Waals surface area contributed by atoms with E-state index in [0.717, 1.165) is 28.8 Å². The summed E-state index contributed by atoms with van der Waals surface area (Å²) in [6, 6.07) is 21.2. The molecule has 3 rings (SSSR count). The number of hydrogen-bond acceptors (Lipinski definition) is 5. The summed E-state index contributed by atoms with van der Waals surface area (Å²) in [6.07, 6.45) is 2.92. The molecular weight excluding hydrogens is 508 g/mol. The number of amides is 2. The predicted molar refractivity (Wildman–Crippen MR) is 143 cm³/mol. The first-order valence-electron chi connectivity index (χ1n) is 11.2. The van der Waals surface area contributed by atoms with E-state index in [4.69, 9.17) is 0 Å². The normalized spacial score (nSPS) is 11.3. The van der Waals surface area contributed by atoms with E-state index >= 15 is 0 Å². The molecule has 0 fully saturated rings. The minimum atomic E-state index is -0.604. The average molecular weight is 535 g/mol. The molecule has 0 unspecified atom stereocenters. The maximum absolute atomic E-state index is 12.9. The third-order valence-corrected chi connectivity index (χ3v) is 5.71. The molecule has 0 aliphatic rings. The Morgan fingerprint density at radius 2 is 1.69 bits per heavy atom. The Morgan fingerprint density at radius 1 is 1.00 bits per heavy atom. The molecule has 0 atom stereocenters. The monoisotopic (exact) mass is 534 g/mol. The lowest BCUT2D eigenvalue weighted by atomic mass is 10.1. The van der Waals surface area contributed by atoms with E-state index in [1.54, 1.807) is 42.5 Å². The van der Waals surface area contributed by atoms with Crippen molar-refractivity contribution < 1.29 is 14.7 Å². The Labute approximate surface area is 213 Å². The van der Waals surface area contributed by atoms with Crippen LogP contribution < -0.4 is 15.6 Å². The molecule has 3 aromatic carbocycles.